The summed E-state index contributed by atoms with van der Waals surface area (Å²) in [5.74, 6) is 5.94. The second-order valence-electron chi connectivity index (χ2n) is 7.58. The molecule has 4 atom stereocenters. The summed E-state index contributed by atoms with van der Waals surface area (Å²) in [4.78, 5) is 0. The van der Waals surface area contributed by atoms with E-state index < -0.39 is 0 Å². The fourth-order valence-electron chi connectivity index (χ4n) is 4.81. The molecule has 2 aliphatic carbocycles. The monoisotopic (exact) mass is 262 g/mol. The molecule has 0 aromatic carbocycles. The molecule has 0 spiro atoms. The van der Waals surface area contributed by atoms with Crippen LogP contribution in [0.5, 0.6) is 0 Å². The first-order valence-electron chi connectivity index (χ1n) is 8.74. The Balaban J connectivity index is 1.82. The minimum absolute atomic E-state index is 0.942. The molecule has 0 aromatic rings. The number of hydrogen-bond acceptors (Lipinski definition) is 0. The van der Waals surface area contributed by atoms with E-state index in [4.69, 9.17) is 0 Å². The Bertz CT molecular complexity index is 272. The number of hydrogen-bond donors (Lipinski definition) is 0. The molecule has 0 saturated heterocycles. The molecule has 110 valence electrons. The van der Waals surface area contributed by atoms with E-state index in [1.807, 2.05) is 0 Å². The molecule has 0 bridgehead atoms. The molecule has 0 radical (unpaired) electrons. The van der Waals surface area contributed by atoms with E-state index in [1.165, 1.54) is 51.4 Å². The van der Waals surface area contributed by atoms with Crippen LogP contribution in [-0.2, 0) is 0 Å². The molecule has 0 N–H and O–H groups in total. The first kappa shape index (κ1) is 15.1. The van der Waals surface area contributed by atoms with Gasteiger partial charge in [0.15, 0.2) is 0 Å². The van der Waals surface area contributed by atoms with Crippen molar-refractivity contribution in [1.29, 1.82) is 0 Å². The van der Waals surface area contributed by atoms with E-state index in [0.717, 1.165) is 35.5 Å². The molecule has 0 aromatic heterocycles. The van der Waals surface area contributed by atoms with Crippen LogP contribution in [0.25, 0.3) is 0 Å². The van der Waals surface area contributed by atoms with E-state index in [9.17, 15) is 0 Å². The summed E-state index contributed by atoms with van der Waals surface area (Å²) < 4.78 is 0. The Morgan fingerprint density at radius 2 is 1.58 bits per heavy atom. The van der Waals surface area contributed by atoms with Gasteiger partial charge in [0, 0.05) is 0 Å². The zero-order valence-electron chi connectivity index (χ0n) is 13.4. The Morgan fingerprint density at radius 1 is 0.895 bits per heavy atom. The highest BCUT2D eigenvalue weighted by molar-refractivity contribution is 4.87. The zero-order chi connectivity index (χ0) is 13.8. The molecule has 0 nitrogen and oxygen atoms in total. The standard InChI is InChI=1S/C19H34/c1-5-6-7-17-9-11-18(12-10-17)19-13-8-14(2)15(3)16(19)4/h5,14-19H,1,6-13H2,2-4H3. The summed E-state index contributed by atoms with van der Waals surface area (Å²) in [6.07, 6.45) is 13.7. The molecular formula is C19H34. The van der Waals surface area contributed by atoms with Gasteiger partial charge in [0.2, 0.25) is 0 Å². The SMILES string of the molecule is C=CCCC1CCC(C2CCC(C)C(C)C2C)CC1. The maximum Gasteiger partial charge on any atom is -0.0351 e. The molecular weight excluding hydrogens is 228 g/mol. The second kappa shape index (κ2) is 6.95. The molecule has 0 heterocycles. The van der Waals surface area contributed by atoms with Crippen LogP contribution in [-0.4, -0.2) is 0 Å². The third-order valence-corrected chi connectivity index (χ3v) is 6.63. The Hall–Kier alpha value is -0.260. The quantitative estimate of drug-likeness (QED) is 0.539. The van der Waals surface area contributed by atoms with Gasteiger partial charge in [-0.15, -0.1) is 6.58 Å². The lowest BCUT2D eigenvalue weighted by Crippen LogP contribution is -2.35. The van der Waals surface area contributed by atoms with E-state index in [2.05, 4.69) is 33.4 Å². The van der Waals surface area contributed by atoms with Crippen molar-refractivity contribution in [2.75, 3.05) is 0 Å². The van der Waals surface area contributed by atoms with Gasteiger partial charge in [-0.3, -0.25) is 0 Å². The van der Waals surface area contributed by atoms with Gasteiger partial charge in [0.1, 0.15) is 0 Å². The lowest BCUT2D eigenvalue weighted by molar-refractivity contribution is 0.0573. The van der Waals surface area contributed by atoms with E-state index in [0.29, 0.717) is 0 Å². The van der Waals surface area contributed by atoms with Crippen molar-refractivity contribution in [1.82, 2.24) is 0 Å². The van der Waals surface area contributed by atoms with Crippen molar-refractivity contribution in [3.63, 3.8) is 0 Å². The summed E-state index contributed by atoms with van der Waals surface area (Å²) in [5, 5.41) is 0. The molecule has 2 aliphatic rings. The van der Waals surface area contributed by atoms with E-state index >= 15 is 0 Å². The molecule has 2 rings (SSSR count). The fraction of sp³-hybridized carbons (Fsp3) is 0.895. The van der Waals surface area contributed by atoms with Gasteiger partial charge in [0.25, 0.3) is 0 Å². The molecule has 2 fully saturated rings. The van der Waals surface area contributed by atoms with E-state index in [-0.39, 0.29) is 0 Å². The average molecular weight is 262 g/mol. The van der Waals surface area contributed by atoms with Gasteiger partial charge in [-0.05, 0) is 67.6 Å². The first-order valence-corrected chi connectivity index (χ1v) is 8.74. The Morgan fingerprint density at radius 3 is 2.21 bits per heavy atom. The van der Waals surface area contributed by atoms with Crippen molar-refractivity contribution < 1.29 is 0 Å². The molecule has 19 heavy (non-hydrogen) atoms. The van der Waals surface area contributed by atoms with Crippen molar-refractivity contribution in [3.8, 4) is 0 Å². The number of rotatable bonds is 4. The van der Waals surface area contributed by atoms with Crippen LogP contribution in [0.15, 0.2) is 12.7 Å². The largest absolute Gasteiger partial charge is 0.103 e. The third-order valence-electron chi connectivity index (χ3n) is 6.63. The summed E-state index contributed by atoms with van der Waals surface area (Å²) >= 11 is 0. The highest BCUT2D eigenvalue weighted by Gasteiger charge is 2.37. The van der Waals surface area contributed by atoms with Crippen LogP contribution in [0.4, 0.5) is 0 Å². The fourth-order valence-corrected chi connectivity index (χ4v) is 4.81. The first-order chi connectivity index (χ1) is 9.13. The maximum atomic E-state index is 3.86. The lowest BCUT2D eigenvalue weighted by Gasteiger charge is -2.44. The van der Waals surface area contributed by atoms with Crippen LogP contribution in [0.1, 0.15) is 72.1 Å². The summed E-state index contributed by atoms with van der Waals surface area (Å²) in [5.41, 5.74) is 0. The summed E-state index contributed by atoms with van der Waals surface area (Å²) in [6, 6.07) is 0. The number of allylic oxidation sites excluding steroid dienone is 1. The van der Waals surface area contributed by atoms with Gasteiger partial charge < -0.3 is 0 Å². The van der Waals surface area contributed by atoms with Crippen molar-refractivity contribution >= 4 is 0 Å². The van der Waals surface area contributed by atoms with Gasteiger partial charge >= 0.3 is 0 Å². The van der Waals surface area contributed by atoms with Crippen LogP contribution < -0.4 is 0 Å². The van der Waals surface area contributed by atoms with Gasteiger partial charge in [-0.1, -0.05) is 46.1 Å². The third kappa shape index (κ3) is 3.64. The van der Waals surface area contributed by atoms with Crippen molar-refractivity contribution in [2.45, 2.75) is 72.1 Å². The van der Waals surface area contributed by atoms with Crippen LogP contribution >= 0.6 is 0 Å². The van der Waals surface area contributed by atoms with Gasteiger partial charge in [-0.25, -0.2) is 0 Å². The van der Waals surface area contributed by atoms with Crippen molar-refractivity contribution in [2.24, 2.45) is 35.5 Å². The van der Waals surface area contributed by atoms with Crippen LogP contribution in [0.3, 0.4) is 0 Å². The van der Waals surface area contributed by atoms with Crippen LogP contribution in [0, 0.1) is 35.5 Å². The topological polar surface area (TPSA) is 0 Å². The van der Waals surface area contributed by atoms with Gasteiger partial charge in [-0.2, -0.15) is 0 Å². The highest BCUT2D eigenvalue weighted by atomic mass is 14.4. The molecule has 2 saturated carbocycles. The summed E-state index contributed by atoms with van der Waals surface area (Å²) in [6.45, 7) is 11.4. The zero-order valence-corrected chi connectivity index (χ0v) is 13.4. The Labute approximate surface area is 121 Å². The molecule has 0 aliphatic heterocycles. The maximum absolute atomic E-state index is 3.86. The minimum Gasteiger partial charge on any atom is -0.103 e. The molecule has 4 unspecified atom stereocenters. The predicted octanol–water partition coefficient (Wildman–Crippen LogP) is 6.08. The lowest BCUT2D eigenvalue weighted by atomic mass is 9.61. The second-order valence-corrected chi connectivity index (χ2v) is 7.58. The van der Waals surface area contributed by atoms with Gasteiger partial charge in [0.05, 0.1) is 0 Å². The summed E-state index contributed by atoms with van der Waals surface area (Å²) in [7, 11) is 0. The predicted molar refractivity (Wildman–Crippen MR) is 85.1 cm³/mol. The highest BCUT2D eigenvalue weighted by Crippen LogP contribution is 2.46. The van der Waals surface area contributed by atoms with Crippen molar-refractivity contribution in [3.05, 3.63) is 12.7 Å². The van der Waals surface area contributed by atoms with E-state index in [1.54, 1.807) is 0 Å². The molecule has 0 amide bonds. The smallest absolute Gasteiger partial charge is 0.0351 e. The minimum atomic E-state index is 0.942. The normalized spacial score (nSPS) is 43.9. The molecule has 0 heteroatoms. The van der Waals surface area contributed by atoms with Crippen LogP contribution in [0.2, 0.25) is 0 Å². The Kier molecular flexibility index (Phi) is 5.54. The average Bonchev–Trinajstić information content (AvgIpc) is 2.44.